The van der Waals surface area contributed by atoms with Gasteiger partial charge in [-0.3, -0.25) is 0 Å². The molecule has 0 amide bonds. The summed E-state index contributed by atoms with van der Waals surface area (Å²) in [6.45, 7) is 5.00. The molecule has 28 heavy (non-hydrogen) atoms. The Balaban J connectivity index is 1.85. The Labute approximate surface area is 165 Å². The first-order valence-electron chi connectivity index (χ1n) is 9.72. The van der Waals surface area contributed by atoms with Gasteiger partial charge in [0.05, 0.1) is 44.1 Å². The number of para-hydroxylation sites is 1. The third-order valence-electron chi connectivity index (χ3n) is 4.60. The smallest absolute Gasteiger partial charge is 0.231 e. The maximum atomic E-state index is 13.3. The molecule has 3 rings (SSSR count). The van der Waals surface area contributed by atoms with Crippen molar-refractivity contribution >= 4 is 0 Å². The van der Waals surface area contributed by atoms with E-state index in [9.17, 15) is 4.39 Å². The molecular weight excluding hydrogens is 355 g/mol. The molecule has 0 aliphatic carbocycles. The quantitative estimate of drug-likeness (QED) is 0.552. The number of ether oxygens (including phenoxy) is 1. The van der Waals surface area contributed by atoms with Gasteiger partial charge < -0.3 is 15.0 Å². The van der Waals surface area contributed by atoms with Crippen molar-refractivity contribution in [2.24, 2.45) is 0 Å². The number of halogens is 1. The van der Waals surface area contributed by atoms with Gasteiger partial charge in [0.25, 0.3) is 0 Å². The van der Waals surface area contributed by atoms with Crippen molar-refractivity contribution in [3.63, 3.8) is 0 Å². The first-order valence-corrected chi connectivity index (χ1v) is 9.72. The lowest BCUT2D eigenvalue weighted by atomic mass is 10.2. The average molecular weight is 384 g/mol. The van der Waals surface area contributed by atoms with Gasteiger partial charge in [-0.05, 0) is 43.3 Å². The molecule has 3 aromatic rings. The molecule has 0 fully saturated rings. The molecule has 0 aliphatic heterocycles. The van der Waals surface area contributed by atoms with Crippen LogP contribution >= 0.6 is 0 Å². The number of quaternary nitrogens is 2. The fourth-order valence-corrected chi connectivity index (χ4v) is 3.08. The number of nitrogens with zero attached hydrogens (tertiary/aromatic N) is 2. The maximum Gasteiger partial charge on any atom is 0.231 e. The van der Waals surface area contributed by atoms with Crippen LogP contribution in [-0.2, 0) is 6.54 Å². The van der Waals surface area contributed by atoms with Crippen LogP contribution in [0.2, 0.25) is 0 Å². The molecule has 0 spiro atoms. The summed E-state index contributed by atoms with van der Waals surface area (Å²) in [5, 5.41) is 7.01. The van der Waals surface area contributed by atoms with Crippen molar-refractivity contribution in [2.75, 3.05) is 27.2 Å². The van der Waals surface area contributed by atoms with E-state index in [1.165, 1.54) is 17.0 Å². The number of rotatable bonds is 9. The van der Waals surface area contributed by atoms with E-state index in [1.54, 1.807) is 12.1 Å². The Bertz CT molecular complexity index is 876. The van der Waals surface area contributed by atoms with E-state index >= 15 is 0 Å². The molecule has 0 saturated heterocycles. The van der Waals surface area contributed by atoms with Crippen LogP contribution in [0.5, 0.6) is 11.6 Å². The monoisotopic (exact) mass is 384 g/mol. The molecule has 2 aromatic carbocycles. The van der Waals surface area contributed by atoms with E-state index in [0.29, 0.717) is 11.6 Å². The first-order chi connectivity index (χ1) is 13.5. The van der Waals surface area contributed by atoms with Crippen molar-refractivity contribution in [1.82, 2.24) is 9.78 Å². The van der Waals surface area contributed by atoms with Gasteiger partial charge in [0.15, 0.2) is 0 Å². The van der Waals surface area contributed by atoms with Gasteiger partial charge in [-0.15, -0.1) is 0 Å². The van der Waals surface area contributed by atoms with Crippen LogP contribution in [0.1, 0.15) is 17.7 Å². The van der Waals surface area contributed by atoms with Gasteiger partial charge in [0, 0.05) is 6.42 Å². The summed E-state index contributed by atoms with van der Waals surface area (Å²) in [4.78, 5) is 1.46. The second-order valence-corrected chi connectivity index (χ2v) is 7.26. The number of hydrogen-bond acceptors (Lipinski definition) is 2. The Morgan fingerprint density at radius 2 is 1.79 bits per heavy atom. The topological polar surface area (TPSA) is 48.1 Å². The van der Waals surface area contributed by atoms with Crippen molar-refractivity contribution in [1.29, 1.82) is 0 Å². The highest BCUT2D eigenvalue weighted by Gasteiger charge is 2.20. The van der Waals surface area contributed by atoms with E-state index in [0.717, 1.165) is 43.0 Å². The molecule has 0 bridgehead atoms. The summed E-state index contributed by atoms with van der Waals surface area (Å²) in [5.74, 6) is 0.998. The fraction of sp³-hybridized carbons (Fsp3) is 0.318. The van der Waals surface area contributed by atoms with Gasteiger partial charge in [0.2, 0.25) is 5.88 Å². The molecule has 148 valence electrons. The molecule has 0 atom stereocenters. The Kier molecular flexibility index (Phi) is 6.79. The highest BCUT2D eigenvalue weighted by molar-refractivity contribution is 5.42. The number of aryl methyl sites for hydroxylation is 1. The van der Waals surface area contributed by atoms with E-state index < -0.39 is 0 Å². The van der Waals surface area contributed by atoms with Crippen LogP contribution in [0.15, 0.2) is 54.6 Å². The van der Waals surface area contributed by atoms with Gasteiger partial charge in [-0.1, -0.05) is 18.2 Å². The molecular formula is C22H29FN4O+2. The first kappa shape index (κ1) is 20.0. The number of aromatic nitrogens is 2. The van der Waals surface area contributed by atoms with Crippen LogP contribution < -0.4 is 15.0 Å². The number of hydrogen-bond donors (Lipinski definition) is 2. The zero-order valence-electron chi connectivity index (χ0n) is 16.8. The standard InChI is InChI=1S/C22H27FN4O/c1-17-21(16-24-14-7-15-26(2)3)22(28-20-12-10-18(23)11-13-20)27(25-17)19-8-5-4-6-9-19/h4-6,8-13,24H,7,14-16H2,1-3H3/p+2. The molecule has 6 heteroatoms. The second kappa shape index (κ2) is 9.48. The van der Waals surface area contributed by atoms with Gasteiger partial charge in [0.1, 0.15) is 18.1 Å². The van der Waals surface area contributed by atoms with E-state index in [2.05, 4.69) is 19.4 Å². The van der Waals surface area contributed by atoms with Crippen molar-refractivity contribution in [2.45, 2.75) is 19.9 Å². The summed E-state index contributed by atoms with van der Waals surface area (Å²) in [6, 6.07) is 16.0. The summed E-state index contributed by atoms with van der Waals surface area (Å²) in [6.07, 6.45) is 1.16. The Morgan fingerprint density at radius 3 is 2.46 bits per heavy atom. The summed E-state index contributed by atoms with van der Waals surface area (Å²) >= 11 is 0. The predicted molar refractivity (Wildman–Crippen MR) is 108 cm³/mol. The zero-order valence-corrected chi connectivity index (χ0v) is 16.8. The lowest BCUT2D eigenvalue weighted by Crippen LogP contribution is -3.06. The number of nitrogens with two attached hydrogens (primary N) is 1. The Hall–Kier alpha value is -2.70. The molecule has 0 aliphatic rings. The second-order valence-electron chi connectivity index (χ2n) is 7.26. The van der Waals surface area contributed by atoms with Crippen molar-refractivity contribution in [3.05, 3.63) is 71.7 Å². The van der Waals surface area contributed by atoms with Crippen LogP contribution in [0, 0.1) is 12.7 Å². The minimum absolute atomic E-state index is 0.281. The zero-order chi connectivity index (χ0) is 19.9. The molecule has 0 saturated carbocycles. The molecule has 1 aromatic heterocycles. The third-order valence-corrected chi connectivity index (χ3v) is 4.60. The summed E-state index contributed by atoms with van der Waals surface area (Å²) in [5.41, 5.74) is 2.94. The summed E-state index contributed by atoms with van der Waals surface area (Å²) < 4.78 is 21.3. The summed E-state index contributed by atoms with van der Waals surface area (Å²) in [7, 11) is 4.34. The van der Waals surface area contributed by atoms with Gasteiger partial charge in [-0.2, -0.15) is 5.10 Å². The van der Waals surface area contributed by atoms with Crippen LogP contribution in [-0.4, -0.2) is 37.0 Å². The lowest BCUT2D eigenvalue weighted by molar-refractivity contribution is -0.860. The maximum absolute atomic E-state index is 13.3. The van der Waals surface area contributed by atoms with E-state index in [-0.39, 0.29) is 5.82 Å². The highest BCUT2D eigenvalue weighted by Crippen LogP contribution is 2.30. The normalized spacial score (nSPS) is 11.2. The van der Waals surface area contributed by atoms with E-state index in [1.807, 2.05) is 41.9 Å². The molecule has 3 N–H and O–H groups in total. The van der Waals surface area contributed by atoms with E-state index in [4.69, 9.17) is 9.84 Å². The predicted octanol–water partition coefficient (Wildman–Crippen LogP) is 1.71. The van der Waals surface area contributed by atoms with Crippen molar-refractivity contribution in [3.8, 4) is 17.3 Å². The largest absolute Gasteiger partial charge is 0.438 e. The molecule has 0 radical (unpaired) electrons. The minimum atomic E-state index is -0.281. The minimum Gasteiger partial charge on any atom is -0.438 e. The van der Waals surface area contributed by atoms with Crippen molar-refractivity contribution < 1.29 is 19.3 Å². The number of benzene rings is 2. The average Bonchev–Trinajstić information content (AvgIpc) is 2.99. The fourth-order valence-electron chi connectivity index (χ4n) is 3.08. The van der Waals surface area contributed by atoms with Crippen LogP contribution in [0.4, 0.5) is 4.39 Å². The Morgan fingerprint density at radius 1 is 1.07 bits per heavy atom. The van der Waals surface area contributed by atoms with Crippen LogP contribution in [0.25, 0.3) is 5.69 Å². The molecule has 0 unspecified atom stereocenters. The lowest BCUT2D eigenvalue weighted by Gasteiger charge is -2.11. The SMILES string of the molecule is Cc1nn(-c2ccccc2)c(Oc2ccc(F)cc2)c1C[NH2+]CCC[NH+](C)C. The van der Waals surface area contributed by atoms with Gasteiger partial charge >= 0.3 is 0 Å². The number of nitrogens with one attached hydrogen (secondary N) is 1. The molecule has 1 heterocycles. The molecule has 5 nitrogen and oxygen atoms in total. The van der Waals surface area contributed by atoms with Gasteiger partial charge in [-0.25, -0.2) is 9.07 Å². The van der Waals surface area contributed by atoms with Crippen LogP contribution in [0.3, 0.4) is 0 Å². The third kappa shape index (κ3) is 5.18. The highest BCUT2D eigenvalue weighted by atomic mass is 19.1.